The second-order valence-corrected chi connectivity index (χ2v) is 4.91. The van der Waals surface area contributed by atoms with Gasteiger partial charge in [0, 0.05) is 25.1 Å². The second-order valence-electron chi connectivity index (χ2n) is 4.91. The first-order valence-corrected chi connectivity index (χ1v) is 6.66. The highest BCUT2D eigenvalue weighted by Crippen LogP contribution is 2.35. The fraction of sp³-hybridized carbons (Fsp3) is 0.429. The van der Waals surface area contributed by atoms with Crippen LogP contribution in [0.2, 0.25) is 0 Å². The Labute approximate surface area is 116 Å². The molecule has 0 saturated carbocycles. The molecule has 106 valence electrons. The van der Waals surface area contributed by atoms with Gasteiger partial charge in [-0.3, -0.25) is 9.59 Å². The zero-order valence-electron chi connectivity index (χ0n) is 11.0. The molecule has 6 heteroatoms. The molecule has 6 nitrogen and oxygen atoms in total. The van der Waals surface area contributed by atoms with E-state index in [-0.39, 0.29) is 24.5 Å². The minimum Gasteiger partial charge on any atom is -0.454 e. The van der Waals surface area contributed by atoms with Gasteiger partial charge in [-0.05, 0) is 12.5 Å². The average Bonchev–Trinajstić information content (AvgIpc) is 2.94. The molecule has 1 atom stereocenters. The van der Waals surface area contributed by atoms with Crippen molar-refractivity contribution in [1.29, 1.82) is 0 Å². The van der Waals surface area contributed by atoms with E-state index >= 15 is 0 Å². The van der Waals surface area contributed by atoms with E-state index in [9.17, 15) is 9.59 Å². The van der Waals surface area contributed by atoms with E-state index in [0.717, 1.165) is 5.56 Å². The lowest BCUT2D eigenvalue weighted by Crippen LogP contribution is -2.42. The summed E-state index contributed by atoms with van der Waals surface area (Å²) in [7, 11) is 0. The van der Waals surface area contributed by atoms with E-state index in [4.69, 9.17) is 9.47 Å². The Morgan fingerprint density at radius 1 is 1.40 bits per heavy atom. The Kier molecular flexibility index (Phi) is 3.45. The molecule has 0 radical (unpaired) electrons. The Morgan fingerprint density at radius 3 is 3.10 bits per heavy atom. The van der Waals surface area contributed by atoms with Crippen molar-refractivity contribution in [3.05, 3.63) is 23.8 Å². The van der Waals surface area contributed by atoms with Crippen molar-refractivity contribution in [2.24, 2.45) is 5.92 Å². The first-order chi connectivity index (χ1) is 9.74. The molecular formula is C14H16N2O4. The van der Waals surface area contributed by atoms with E-state index in [1.165, 1.54) is 0 Å². The van der Waals surface area contributed by atoms with Crippen molar-refractivity contribution in [1.82, 2.24) is 10.6 Å². The fourth-order valence-corrected chi connectivity index (χ4v) is 2.41. The van der Waals surface area contributed by atoms with Gasteiger partial charge in [-0.2, -0.15) is 0 Å². The molecule has 2 aliphatic rings. The molecule has 2 N–H and O–H groups in total. The molecule has 0 spiro atoms. The minimum atomic E-state index is -0.151. The molecule has 0 aromatic heterocycles. The van der Waals surface area contributed by atoms with Crippen LogP contribution in [0.25, 0.3) is 0 Å². The SMILES string of the molecule is O=C1CCC(C(=O)NCc2cccc3c2OCO3)CN1. The van der Waals surface area contributed by atoms with E-state index in [2.05, 4.69) is 10.6 Å². The summed E-state index contributed by atoms with van der Waals surface area (Å²) in [6.07, 6.45) is 1.01. The van der Waals surface area contributed by atoms with Crippen LogP contribution in [0.5, 0.6) is 11.5 Å². The summed E-state index contributed by atoms with van der Waals surface area (Å²) in [6, 6.07) is 5.61. The second kappa shape index (κ2) is 5.40. The van der Waals surface area contributed by atoms with Gasteiger partial charge in [-0.25, -0.2) is 0 Å². The van der Waals surface area contributed by atoms with Gasteiger partial charge >= 0.3 is 0 Å². The Morgan fingerprint density at radius 2 is 2.30 bits per heavy atom. The summed E-state index contributed by atoms with van der Waals surface area (Å²) in [4.78, 5) is 23.1. The molecule has 1 saturated heterocycles. The Balaban J connectivity index is 1.58. The predicted octanol–water partition coefficient (Wildman–Crippen LogP) is 0.558. The minimum absolute atomic E-state index is 0.0143. The quantitative estimate of drug-likeness (QED) is 0.845. The number of piperidine rings is 1. The lowest BCUT2D eigenvalue weighted by atomic mass is 9.98. The molecule has 3 rings (SSSR count). The van der Waals surface area contributed by atoms with Crippen LogP contribution >= 0.6 is 0 Å². The van der Waals surface area contributed by atoms with Crippen molar-refractivity contribution in [2.75, 3.05) is 13.3 Å². The third-order valence-corrected chi connectivity index (χ3v) is 3.57. The van der Waals surface area contributed by atoms with Crippen molar-refractivity contribution >= 4 is 11.8 Å². The topological polar surface area (TPSA) is 76.7 Å². The zero-order chi connectivity index (χ0) is 13.9. The lowest BCUT2D eigenvalue weighted by molar-refractivity contribution is -0.129. The summed E-state index contributed by atoms with van der Waals surface area (Å²) >= 11 is 0. The molecule has 1 unspecified atom stereocenters. The first kappa shape index (κ1) is 12.8. The normalized spacial score (nSPS) is 20.4. The van der Waals surface area contributed by atoms with Crippen molar-refractivity contribution in [3.63, 3.8) is 0 Å². The van der Waals surface area contributed by atoms with Gasteiger partial charge < -0.3 is 20.1 Å². The Bertz CT molecular complexity index is 534. The van der Waals surface area contributed by atoms with Crippen LogP contribution in [0.1, 0.15) is 18.4 Å². The van der Waals surface area contributed by atoms with E-state index in [0.29, 0.717) is 37.4 Å². The number of fused-ring (bicyclic) bond motifs is 1. The fourth-order valence-electron chi connectivity index (χ4n) is 2.41. The van der Waals surface area contributed by atoms with Gasteiger partial charge in [0.25, 0.3) is 0 Å². The number of hydrogen-bond donors (Lipinski definition) is 2. The maximum Gasteiger partial charge on any atom is 0.231 e. The molecule has 0 aliphatic carbocycles. The maximum atomic E-state index is 12.0. The summed E-state index contributed by atoms with van der Waals surface area (Å²) in [5.74, 6) is 1.23. The molecule has 1 aromatic rings. The largest absolute Gasteiger partial charge is 0.454 e. The van der Waals surface area contributed by atoms with Crippen molar-refractivity contribution < 1.29 is 19.1 Å². The predicted molar refractivity (Wildman–Crippen MR) is 70.1 cm³/mol. The van der Waals surface area contributed by atoms with Crippen molar-refractivity contribution in [2.45, 2.75) is 19.4 Å². The van der Waals surface area contributed by atoms with Crippen LogP contribution in [0.4, 0.5) is 0 Å². The smallest absolute Gasteiger partial charge is 0.231 e. The molecular weight excluding hydrogens is 260 g/mol. The molecule has 2 aliphatic heterocycles. The van der Waals surface area contributed by atoms with Gasteiger partial charge in [0.2, 0.25) is 18.6 Å². The van der Waals surface area contributed by atoms with Crippen molar-refractivity contribution in [3.8, 4) is 11.5 Å². The van der Waals surface area contributed by atoms with Gasteiger partial charge in [-0.1, -0.05) is 12.1 Å². The number of carbonyl (C=O) groups excluding carboxylic acids is 2. The molecule has 2 heterocycles. The van der Waals surface area contributed by atoms with Gasteiger partial charge in [0.1, 0.15) is 0 Å². The first-order valence-electron chi connectivity index (χ1n) is 6.66. The number of benzene rings is 1. The summed E-state index contributed by atoms with van der Waals surface area (Å²) in [5.41, 5.74) is 0.896. The molecule has 1 aromatic carbocycles. The van der Waals surface area contributed by atoms with Crippen LogP contribution < -0.4 is 20.1 Å². The van der Waals surface area contributed by atoms with Crippen LogP contribution in [0.3, 0.4) is 0 Å². The Hall–Kier alpha value is -2.24. The highest BCUT2D eigenvalue weighted by Gasteiger charge is 2.25. The zero-order valence-corrected chi connectivity index (χ0v) is 11.0. The van der Waals surface area contributed by atoms with E-state index in [1.54, 1.807) is 0 Å². The summed E-state index contributed by atoms with van der Waals surface area (Å²) in [5, 5.41) is 5.60. The number of nitrogens with one attached hydrogen (secondary N) is 2. The number of carbonyl (C=O) groups is 2. The van der Waals surface area contributed by atoms with Gasteiger partial charge in [-0.15, -0.1) is 0 Å². The average molecular weight is 276 g/mol. The van der Waals surface area contributed by atoms with E-state index < -0.39 is 0 Å². The molecule has 0 bridgehead atoms. The number of ether oxygens (including phenoxy) is 2. The van der Waals surface area contributed by atoms with E-state index in [1.807, 2.05) is 18.2 Å². The van der Waals surface area contributed by atoms with Crippen LogP contribution in [0, 0.1) is 5.92 Å². The van der Waals surface area contributed by atoms with Gasteiger partial charge in [0.15, 0.2) is 11.5 Å². The molecule has 20 heavy (non-hydrogen) atoms. The highest BCUT2D eigenvalue weighted by molar-refractivity contribution is 5.83. The number of amides is 2. The summed E-state index contributed by atoms with van der Waals surface area (Å²) < 4.78 is 10.7. The number of rotatable bonds is 3. The third-order valence-electron chi connectivity index (χ3n) is 3.57. The maximum absolute atomic E-state index is 12.0. The number of hydrogen-bond acceptors (Lipinski definition) is 4. The molecule has 1 fully saturated rings. The lowest BCUT2D eigenvalue weighted by Gasteiger charge is -2.21. The summed E-state index contributed by atoms with van der Waals surface area (Å²) in [6.45, 7) is 1.03. The van der Waals surface area contributed by atoms with Gasteiger partial charge in [0.05, 0.1) is 5.92 Å². The number of para-hydroxylation sites is 1. The monoisotopic (exact) mass is 276 g/mol. The van der Waals surface area contributed by atoms with Crippen LogP contribution in [-0.4, -0.2) is 25.2 Å². The van der Waals surface area contributed by atoms with Crippen LogP contribution in [-0.2, 0) is 16.1 Å². The highest BCUT2D eigenvalue weighted by atomic mass is 16.7. The molecule has 2 amide bonds. The standard InChI is InChI=1S/C14H16N2O4/c17-12-5-4-10(7-15-12)14(18)16-6-9-2-1-3-11-13(9)20-8-19-11/h1-3,10H,4-8H2,(H,15,17)(H,16,18). The third kappa shape index (κ3) is 2.54. The van der Waals surface area contributed by atoms with Crippen LogP contribution in [0.15, 0.2) is 18.2 Å².